The van der Waals surface area contributed by atoms with E-state index in [-0.39, 0.29) is 18.8 Å². The van der Waals surface area contributed by atoms with Crippen molar-refractivity contribution in [3.8, 4) is 0 Å². The third-order valence-corrected chi connectivity index (χ3v) is 1.32. The van der Waals surface area contributed by atoms with Crippen molar-refractivity contribution in [2.75, 3.05) is 6.61 Å². The maximum atomic E-state index is 10.8. The first-order valence-corrected chi connectivity index (χ1v) is 4.43. The summed E-state index contributed by atoms with van der Waals surface area (Å²) in [6.07, 6.45) is 0.560. The van der Waals surface area contributed by atoms with E-state index in [0.29, 0.717) is 13.0 Å². The first-order chi connectivity index (χ1) is 6.56. The second kappa shape index (κ2) is 7.06. The predicted molar refractivity (Wildman–Crippen MR) is 47.3 cm³/mol. The van der Waals surface area contributed by atoms with Crippen LogP contribution in [0.2, 0.25) is 0 Å². The summed E-state index contributed by atoms with van der Waals surface area (Å²) in [7, 11) is 0. The molecular weight excluding hydrogens is 188 g/mol. The molecule has 0 rings (SSSR count). The summed E-state index contributed by atoms with van der Waals surface area (Å²) in [4.78, 5) is 31.9. The van der Waals surface area contributed by atoms with Gasteiger partial charge in [-0.05, 0) is 13.3 Å². The summed E-state index contributed by atoms with van der Waals surface area (Å²) >= 11 is 0. The molecule has 0 fully saturated rings. The Balaban J connectivity index is 3.49. The van der Waals surface area contributed by atoms with Crippen LogP contribution in [0, 0.1) is 0 Å². The van der Waals surface area contributed by atoms with Gasteiger partial charge in [0, 0.05) is 19.8 Å². The molecule has 0 atom stereocenters. The molecule has 0 radical (unpaired) electrons. The van der Waals surface area contributed by atoms with E-state index < -0.39 is 11.9 Å². The monoisotopic (exact) mass is 202 g/mol. The van der Waals surface area contributed by atoms with E-state index in [9.17, 15) is 14.4 Å². The van der Waals surface area contributed by atoms with Gasteiger partial charge in [0.2, 0.25) is 0 Å². The van der Waals surface area contributed by atoms with Crippen LogP contribution >= 0.6 is 0 Å². The van der Waals surface area contributed by atoms with Crippen molar-refractivity contribution in [3.63, 3.8) is 0 Å². The quantitative estimate of drug-likeness (QED) is 0.487. The largest absolute Gasteiger partial charge is 0.466 e. The molecule has 0 aromatic heterocycles. The highest BCUT2D eigenvalue weighted by molar-refractivity contribution is 5.84. The Kier molecular flexibility index (Phi) is 6.36. The molecule has 0 aromatic rings. The van der Waals surface area contributed by atoms with Crippen LogP contribution in [0.5, 0.6) is 0 Å². The molecule has 80 valence electrons. The first-order valence-electron chi connectivity index (χ1n) is 4.43. The van der Waals surface area contributed by atoms with E-state index in [2.05, 4.69) is 9.47 Å². The smallest absolute Gasteiger partial charge is 0.313 e. The van der Waals surface area contributed by atoms with E-state index in [1.807, 2.05) is 0 Å². The maximum Gasteiger partial charge on any atom is 0.313 e. The highest BCUT2D eigenvalue weighted by Crippen LogP contribution is 1.99. The number of carbonyl (C=O) groups is 3. The molecule has 0 bridgehead atoms. The van der Waals surface area contributed by atoms with Crippen LogP contribution < -0.4 is 0 Å². The fraction of sp³-hybridized carbons (Fsp3) is 0.667. The summed E-state index contributed by atoms with van der Waals surface area (Å²) < 4.78 is 8.91. The zero-order valence-electron chi connectivity index (χ0n) is 8.37. The van der Waals surface area contributed by atoms with Gasteiger partial charge in [-0.2, -0.15) is 0 Å². The van der Waals surface area contributed by atoms with Gasteiger partial charge in [-0.15, -0.1) is 0 Å². The van der Waals surface area contributed by atoms with Gasteiger partial charge < -0.3 is 9.47 Å². The van der Waals surface area contributed by atoms with Gasteiger partial charge >= 0.3 is 17.9 Å². The van der Waals surface area contributed by atoms with E-state index in [0.717, 1.165) is 6.92 Å². The van der Waals surface area contributed by atoms with Gasteiger partial charge in [0.25, 0.3) is 0 Å². The Bertz CT molecular complexity index is 221. The third-order valence-electron chi connectivity index (χ3n) is 1.32. The molecule has 0 saturated carbocycles. The molecule has 14 heavy (non-hydrogen) atoms. The lowest BCUT2D eigenvalue weighted by Crippen LogP contribution is -2.10. The maximum absolute atomic E-state index is 10.8. The van der Waals surface area contributed by atoms with Crippen LogP contribution in [-0.4, -0.2) is 24.5 Å². The number of rotatable bonds is 5. The Morgan fingerprint density at radius 3 is 2.14 bits per heavy atom. The lowest BCUT2D eigenvalue weighted by atomic mass is 10.2. The Labute approximate surface area is 82.4 Å². The summed E-state index contributed by atoms with van der Waals surface area (Å²) in [6.45, 7) is 3.20. The molecule has 0 heterocycles. The second-order valence-corrected chi connectivity index (χ2v) is 2.62. The summed E-state index contributed by atoms with van der Waals surface area (Å²) in [5, 5.41) is 0. The Morgan fingerprint density at radius 1 is 1.07 bits per heavy atom. The van der Waals surface area contributed by atoms with Gasteiger partial charge in [-0.1, -0.05) is 0 Å². The standard InChI is InChI=1S/C9H14O5/c1-3-13-8(11)5-4-6-9(12)14-7(2)10/h3-6H2,1-2H3. The zero-order valence-corrected chi connectivity index (χ0v) is 8.37. The summed E-state index contributed by atoms with van der Waals surface area (Å²) in [5.41, 5.74) is 0. The Hall–Kier alpha value is -1.39. The molecule has 5 heteroatoms. The molecule has 0 amide bonds. The average molecular weight is 202 g/mol. The number of hydrogen-bond acceptors (Lipinski definition) is 5. The molecule has 0 spiro atoms. The minimum atomic E-state index is -0.633. The van der Waals surface area contributed by atoms with Crippen molar-refractivity contribution >= 4 is 17.9 Å². The van der Waals surface area contributed by atoms with Crippen LogP contribution in [-0.2, 0) is 23.9 Å². The van der Waals surface area contributed by atoms with Gasteiger partial charge in [0.1, 0.15) is 0 Å². The first kappa shape index (κ1) is 12.6. The van der Waals surface area contributed by atoms with Crippen molar-refractivity contribution < 1.29 is 23.9 Å². The molecule has 0 unspecified atom stereocenters. The number of carbonyl (C=O) groups excluding carboxylic acids is 3. The minimum Gasteiger partial charge on any atom is -0.466 e. The normalized spacial score (nSPS) is 9.29. The van der Waals surface area contributed by atoms with Gasteiger partial charge in [-0.25, -0.2) is 0 Å². The van der Waals surface area contributed by atoms with Crippen LogP contribution in [0.4, 0.5) is 0 Å². The van der Waals surface area contributed by atoms with Crippen molar-refractivity contribution in [2.45, 2.75) is 33.1 Å². The SMILES string of the molecule is CCOC(=O)CCCC(=O)OC(C)=O. The van der Waals surface area contributed by atoms with Gasteiger partial charge in [-0.3, -0.25) is 14.4 Å². The molecule has 5 nitrogen and oxygen atoms in total. The number of esters is 3. The lowest BCUT2D eigenvalue weighted by Gasteiger charge is -2.01. The second-order valence-electron chi connectivity index (χ2n) is 2.62. The summed E-state index contributed by atoms with van der Waals surface area (Å²) in [5.74, 6) is -1.59. The highest BCUT2D eigenvalue weighted by Gasteiger charge is 2.08. The number of hydrogen-bond donors (Lipinski definition) is 0. The molecule has 0 aliphatic carbocycles. The van der Waals surface area contributed by atoms with Crippen LogP contribution in [0.15, 0.2) is 0 Å². The Morgan fingerprint density at radius 2 is 1.64 bits per heavy atom. The van der Waals surface area contributed by atoms with E-state index in [4.69, 9.17) is 0 Å². The van der Waals surface area contributed by atoms with Gasteiger partial charge in [0.05, 0.1) is 6.61 Å². The van der Waals surface area contributed by atoms with E-state index in [1.165, 1.54) is 0 Å². The molecule has 0 aliphatic heterocycles. The average Bonchev–Trinajstić information content (AvgIpc) is 2.02. The van der Waals surface area contributed by atoms with Crippen molar-refractivity contribution in [1.29, 1.82) is 0 Å². The molecular formula is C9H14O5. The minimum absolute atomic E-state index is 0.0540. The molecule has 0 aromatic carbocycles. The molecule has 0 saturated heterocycles. The van der Waals surface area contributed by atoms with E-state index >= 15 is 0 Å². The van der Waals surface area contributed by atoms with Crippen molar-refractivity contribution in [2.24, 2.45) is 0 Å². The van der Waals surface area contributed by atoms with Crippen LogP contribution in [0.1, 0.15) is 33.1 Å². The summed E-state index contributed by atoms with van der Waals surface area (Å²) in [6, 6.07) is 0. The fourth-order valence-electron chi connectivity index (χ4n) is 0.822. The van der Waals surface area contributed by atoms with Crippen LogP contribution in [0.25, 0.3) is 0 Å². The fourth-order valence-corrected chi connectivity index (χ4v) is 0.822. The van der Waals surface area contributed by atoms with Crippen LogP contribution in [0.3, 0.4) is 0 Å². The van der Waals surface area contributed by atoms with E-state index in [1.54, 1.807) is 6.92 Å². The predicted octanol–water partition coefficient (Wildman–Crippen LogP) is 0.810. The molecule has 0 N–H and O–H groups in total. The van der Waals surface area contributed by atoms with Gasteiger partial charge in [0.15, 0.2) is 0 Å². The topological polar surface area (TPSA) is 69.7 Å². The third kappa shape index (κ3) is 7.27. The van der Waals surface area contributed by atoms with Crippen molar-refractivity contribution in [1.82, 2.24) is 0 Å². The molecule has 0 aliphatic rings. The number of ether oxygens (including phenoxy) is 2. The zero-order chi connectivity index (χ0) is 11.0. The van der Waals surface area contributed by atoms with Crippen molar-refractivity contribution in [3.05, 3.63) is 0 Å². The lowest BCUT2D eigenvalue weighted by molar-refractivity contribution is -0.158. The highest BCUT2D eigenvalue weighted by atomic mass is 16.6.